The number of rotatable bonds is 5. The number of carbonyl (C=O) groups excluding carboxylic acids is 2. The van der Waals surface area contributed by atoms with Gasteiger partial charge in [0.05, 0.1) is 5.56 Å². The third-order valence-electron chi connectivity index (χ3n) is 3.08. The summed E-state index contributed by atoms with van der Waals surface area (Å²) in [5, 5.41) is 2.82. The zero-order valence-electron chi connectivity index (χ0n) is 13.0. The SMILES string of the molecule is O=C(COC(=O)Cn1cc(C(F)(F)F)ccc1=O)Nc1cccc(Cl)c1. The second-order valence-corrected chi connectivity index (χ2v) is 5.54. The van der Waals surface area contributed by atoms with Gasteiger partial charge in [0, 0.05) is 23.0 Å². The molecule has 2 aromatic rings. The number of amides is 1. The molecule has 6 nitrogen and oxygen atoms in total. The van der Waals surface area contributed by atoms with Gasteiger partial charge in [-0.15, -0.1) is 0 Å². The lowest BCUT2D eigenvalue weighted by Gasteiger charge is -2.11. The molecule has 0 aliphatic rings. The van der Waals surface area contributed by atoms with Gasteiger partial charge < -0.3 is 14.6 Å². The van der Waals surface area contributed by atoms with Gasteiger partial charge in [-0.05, 0) is 24.3 Å². The lowest BCUT2D eigenvalue weighted by molar-refractivity contribution is -0.148. The Bertz CT molecular complexity index is 880. The summed E-state index contributed by atoms with van der Waals surface area (Å²) >= 11 is 5.76. The first-order chi connectivity index (χ1) is 12.1. The van der Waals surface area contributed by atoms with Gasteiger partial charge in [0.15, 0.2) is 6.61 Å². The maximum Gasteiger partial charge on any atom is 0.417 e. The highest BCUT2D eigenvalue weighted by molar-refractivity contribution is 6.30. The molecule has 1 heterocycles. The van der Waals surface area contributed by atoms with Crippen LogP contribution in [0.25, 0.3) is 0 Å². The fourth-order valence-electron chi connectivity index (χ4n) is 1.92. The van der Waals surface area contributed by atoms with E-state index >= 15 is 0 Å². The second-order valence-electron chi connectivity index (χ2n) is 5.10. The maximum atomic E-state index is 12.6. The quantitative estimate of drug-likeness (QED) is 0.799. The standard InChI is InChI=1S/C16H12ClF3N2O4/c17-11-2-1-3-12(6-11)21-13(23)9-26-15(25)8-22-7-10(16(18,19)20)4-5-14(22)24/h1-7H,8-9H2,(H,21,23). The van der Waals surface area contributed by atoms with Gasteiger partial charge in [0.2, 0.25) is 0 Å². The number of esters is 1. The number of pyridine rings is 1. The molecule has 26 heavy (non-hydrogen) atoms. The summed E-state index contributed by atoms with van der Waals surface area (Å²) in [6.07, 6.45) is -4.15. The average molecular weight is 389 g/mol. The molecule has 0 aliphatic carbocycles. The lowest BCUT2D eigenvalue weighted by Crippen LogP contribution is -2.28. The minimum Gasteiger partial charge on any atom is -0.454 e. The molecular weight excluding hydrogens is 377 g/mol. The first-order valence-corrected chi connectivity index (χ1v) is 7.51. The Morgan fingerprint density at radius 1 is 1.19 bits per heavy atom. The van der Waals surface area contributed by atoms with Crippen molar-refractivity contribution < 1.29 is 27.5 Å². The number of aromatic nitrogens is 1. The van der Waals surface area contributed by atoms with Crippen molar-refractivity contribution in [2.75, 3.05) is 11.9 Å². The first-order valence-electron chi connectivity index (χ1n) is 7.14. The van der Waals surface area contributed by atoms with E-state index in [2.05, 4.69) is 10.1 Å². The van der Waals surface area contributed by atoms with Crippen molar-refractivity contribution in [3.05, 3.63) is 63.5 Å². The van der Waals surface area contributed by atoms with Gasteiger partial charge >= 0.3 is 12.1 Å². The van der Waals surface area contributed by atoms with E-state index in [-0.39, 0.29) is 0 Å². The molecule has 0 radical (unpaired) electrons. The van der Waals surface area contributed by atoms with E-state index in [0.717, 1.165) is 0 Å². The van der Waals surface area contributed by atoms with Gasteiger partial charge in [-0.25, -0.2) is 0 Å². The highest BCUT2D eigenvalue weighted by atomic mass is 35.5. The van der Waals surface area contributed by atoms with Crippen LogP contribution < -0.4 is 10.9 Å². The molecule has 0 unspecified atom stereocenters. The normalized spacial score (nSPS) is 11.1. The van der Waals surface area contributed by atoms with Crippen LogP contribution in [0.2, 0.25) is 5.02 Å². The van der Waals surface area contributed by atoms with Crippen LogP contribution in [-0.2, 0) is 27.0 Å². The lowest BCUT2D eigenvalue weighted by atomic mass is 10.3. The van der Waals surface area contributed by atoms with Crippen LogP contribution >= 0.6 is 11.6 Å². The molecule has 0 saturated heterocycles. The van der Waals surface area contributed by atoms with Crippen molar-refractivity contribution in [1.82, 2.24) is 4.57 Å². The number of nitrogens with zero attached hydrogens (tertiary/aromatic N) is 1. The van der Waals surface area contributed by atoms with Crippen LogP contribution in [0, 0.1) is 0 Å². The number of hydrogen-bond acceptors (Lipinski definition) is 4. The Morgan fingerprint density at radius 2 is 1.92 bits per heavy atom. The number of ether oxygens (including phenoxy) is 1. The number of hydrogen-bond donors (Lipinski definition) is 1. The minimum atomic E-state index is -4.66. The number of benzene rings is 1. The fourth-order valence-corrected chi connectivity index (χ4v) is 2.11. The molecule has 0 atom stereocenters. The van der Waals surface area contributed by atoms with Gasteiger partial charge in [-0.3, -0.25) is 14.4 Å². The number of nitrogens with one attached hydrogen (secondary N) is 1. The molecule has 0 saturated carbocycles. The van der Waals surface area contributed by atoms with Crippen molar-refractivity contribution in [3.63, 3.8) is 0 Å². The Morgan fingerprint density at radius 3 is 2.58 bits per heavy atom. The van der Waals surface area contributed by atoms with Gasteiger partial charge in [0.25, 0.3) is 11.5 Å². The summed E-state index contributed by atoms with van der Waals surface area (Å²) in [5.74, 6) is -1.70. The summed E-state index contributed by atoms with van der Waals surface area (Å²) in [5.41, 5.74) is -1.51. The Labute approximate surface area is 150 Å². The van der Waals surface area contributed by atoms with Crippen LogP contribution in [-0.4, -0.2) is 23.1 Å². The predicted octanol–water partition coefficient (Wildman–Crippen LogP) is 2.70. The molecule has 138 valence electrons. The Balaban J connectivity index is 1.93. The fraction of sp³-hybridized carbons (Fsp3) is 0.188. The highest BCUT2D eigenvalue weighted by Gasteiger charge is 2.31. The summed E-state index contributed by atoms with van der Waals surface area (Å²) in [6.45, 7) is -1.42. The van der Waals surface area contributed by atoms with Gasteiger partial charge in [-0.1, -0.05) is 17.7 Å². The second kappa shape index (κ2) is 8.05. The third kappa shape index (κ3) is 5.62. The molecule has 10 heteroatoms. The summed E-state index contributed by atoms with van der Waals surface area (Å²) in [6, 6.07) is 7.55. The van der Waals surface area contributed by atoms with Crippen molar-refractivity contribution >= 4 is 29.2 Å². The summed E-state index contributed by atoms with van der Waals surface area (Å²) in [7, 11) is 0. The van der Waals surface area contributed by atoms with Crippen LogP contribution in [0.3, 0.4) is 0 Å². The first kappa shape index (κ1) is 19.5. The van der Waals surface area contributed by atoms with E-state index < -0.39 is 42.3 Å². The van der Waals surface area contributed by atoms with Crippen molar-refractivity contribution in [2.45, 2.75) is 12.7 Å². The van der Waals surface area contributed by atoms with Crippen molar-refractivity contribution in [3.8, 4) is 0 Å². The largest absolute Gasteiger partial charge is 0.454 e. The van der Waals surface area contributed by atoms with E-state index in [4.69, 9.17) is 11.6 Å². The summed E-state index contributed by atoms with van der Waals surface area (Å²) < 4.78 is 43.1. The number of alkyl halides is 3. The van der Waals surface area contributed by atoms with Crippen molar-refractivity contribution in [2.24, 2.45) is 0 Å². The van der Waals surface area contributed by atoms with Gasteiger partial charge in [-0.2, -0.15) is 13.2 Å². The molecule has 0 spiro atoms. The molecule has 1 aromatic heterocycles. The molecule has 1 aromatic carbocycles. The topological polar surface area (TPSA) is 77.4 Å². The predicted molar refractivity (Wildman–Crippen MR) is 86.7 cm³/mol. The smallest absolute Gasteiger partial charge is 0.417 e. The van der Waals surface area contributed by atoms with Crippen LogP contribution in [0.5, 0.6) is 0 Å². The van der Waals surface area contributed by atoms with E-state index in [1.54, 1.807) is 18.2 Å². The van der Waals surface area contributed by atoms with E-state index in [9.17, 15) is 27.6 Å². The third-order valence-corrected chi connectivity index (χ3v) is 3.32. The zero-order chi connectivity index (χ0) is 19.3. The highest BCUT2D eigenvalue weighted by Crippen LogP contribution is 2.27. The van der Waals surface area contributed by atoms with Crippen LogP contribution in [0.1, 0.15) is 5.56 Å². The van der Waals surface area contributed by atoms with E-state index in [0.29, 0.717) is 33.6 Å². The van der Waals surface area contributed by atoms with E-state index in [1.165, 1.54) is 6.07 Å². The van der Waals surface area contributed by atoms with Crippen molar-refractivity contribution in [1.29, 1.82) is 0 Å². The molecule has 0 aliphatic heterocycles. The van der Waals surface area contributed by atoms with Crippen LogP contribution in [0.4, 0.5) is 18.9 Å². The molecule has 2 rings (SSSR count). The number of carbonyl (C=O) groups is 2. The zero-order valence-corrected chi connectivity index (χ0v) is 13.8. The van der Waals surface area contributed by atoms with Crippen LogP contribution in [0.15, 0.2) is 47.4 Å². The molecule has 0 fully saturated rings. The average Bonchev–Trinajstić information content (AvgIpc) is 2.54. The van der Waals surface area contributed by atoms with Gasteiger partial charge in [0.1, 0.15) is 6.54 Å². The number of halogens is 4. The molecule has 1 amide bonds. The molecule has 1 N–H and O–H groups in total. The number of anilines is 1. The summed E-state index contributed by atoms with van der Waals surface area (Å²) in [4.78, 5) is 34.9. The molecular formula is C16H12ClF3N2O4. The Kier molecular flexibility index (Phi) is 6.04. The van der Waals surface area contributed by atoms with E-state index in [1.807, 2.05) is 0 Å². The molecule has 0 bridgehead atoms. The Hall–Kier alpha value is -2.81. The maximum absolute atomic E-state index is 12.6. The minimum absolute atomic E-state index is 0.382. The monoisotopic (exact) mass is 388 g/mol.